The van der Waals surface area contributed by atoms with E-state index in [1.54, 1.807) is 0 Å². The van der Waals surface area contributed by atoms with Crippen LogP contribution in [0.2, 0.25) is 0 Å². The van der Waals surface area contributed by atoms with Crippen molar-refractivity contribution in [1.29, 1.82) is 0 Å². The van der Waals surface area contributed by atoms with Crippen LogP contribution in [-0.2, 0) is 0 Å². The van der Waals surface area contributed by atoms with Crippen molar-refractivity contribution in [1.82, 2.24) is 14.4 Å². The number of nitrogens with zero attached hydrogens (tertiary/aromatic N) is 3. The van der Waals surface area contributed by atoms with E-state index in [-0.39, 0.29) is 5.91 Å². The van der Waals surface area contributed by atoms with E-state index in [2.05, 4.69) is 73.6 Å². The van der Waals surface area contributed by atoms with E-state index in [9.17, 15) is 4.79 Å². The molecule has 1 aromatic heterocycles. The summed E-state index contributed by atoms with van der Waals surface area (Å²) in [5.74, 6) is 0.175. The third kappa shape index (κ3) is 4.51. The van der Waals surface area contributed by atoms with Gasteiger partial charge in [-0.05, 0) is 39.3 Å². The Labute approximate surface area is 163 Å². The van der Waals surface area contributed by atoms with Crippen LogP contribution in [0.4, 0.5) is 0 Å². The fraction of sp³-hybridized carbons (Fsp3) is 0.435. The molecule has 144 valence electrons. The highest BCUT2D eigenvalue weighted by atomic mass is 16.2. The first-order valence-electron chi connectivity index (χ1n) is 9.89. The number of carbonyl (C=O) groups is 1. The predicted octanol–water partition coefficient (Wildman–Crippen LogP) is 4.16. The smallest absolute Gasteiger partial charge is 0.255 e. The number of aryl methyl sites for hydroxylation is 1. The first kappa shape index (κ1) is 19.4. The molecule has 1 saturated heterocycles. The van der Waals surface area contributed by atoms with Crippen LogP contribution in [0, 0.1) is 13.8 Å². The van der Waals surface area contributed by atoms with Crippen LogP contribution < -0.4 is 0 Å². The minimum Gasteiger partial charge on any atom is -0.346 e. The highest BCUT2D eigenvalue weighted by Gasteiger charge is 2.25. The molecule has 1 fully saturated rings. The molecule has 1 aliphatic heterocycles. The molecular formula is C23H31N3O. The van der Waals surface area contributed by atoms with Crippen molar-refractivity contribution in [2.24, 2.45) is 0 Å². The summed E-state index contributed by atoms with van der Waals surface area (Å²) in [4.78, 5) is 17.4. The Morgan fingerprint density at radius 1 is 1.07 bits per heavy atom. The summed E-state index contributed by atoms with van der Waals surface area (Å²) in [5, 5.41) is 0. The second kappa shape index (κ2) is 8.57. The van der Waals surface area contributed by atoms with E-state index in [0.717, 1.165) is 49.7 Å². The van der Waals surface area contributed by atoms with Crippen molar-refractivity contribution in [3.63, 3.8) is 0 Å². The zero-order valence-corrected chi connectivity index (χ0v) is 17.0. The summed E-state index contributed by atoms with van der Waals surface area (Å²) in [6.07, 6.45) is 4.38. The van der Waals surface area contributed by atoms with Gasteiger partial charge in [0.05, 0.1) is 5.56 Å². The number of hydrogen-bond acceptors (Lipinski definition) is 2. The molecule has 27 heavy (non-hydrogen) atoms. The topological polar surface area (TPSA) is 28.5 Å². The van der Waals surface area contributed by atoms with Crippen LogP contribution in [0.5, 0.6) is 0 Å². The van der Waals surface area contributed by atoms with Crippen molar-refractivity contribution in [2.75, 3.05) is 32.7 Å². The monoisotopic (exact) mass is 365 g/mol. The quantitative estimate of drug-likeness (QED) is 0.796. The number of hydrogen-bond donors (Lipinski definition) is 0. The third-order valence-electron chi connectivity index (χ3n) is 5.36. The molecule has 1 aliphatic rings. The average molecular weight is 366 g/mol. The molecule has 0 spiro atoms. The second-order valence-corrected chi connectivity index (χ2v) is 7.65. The lowest BCUT2D eigenvalue weighted by Crippen LogP contribution is -2.48. The van der Waals surface area contributed by atoms with Gasteiger partial charge in [-0.2, -0.15) is 0 Å². The lowest BCUT2D eigenvalue weighted by Gasteiger charge is -2.34. The van der Waals surface area contributed by atoms with Gasteiger partial charge in [-0.15, -0.1) is 0 Å². The first-order valence-corrected chi connectivity index (χ1v) is 9.89. The Balaban J connectivity index is 1.55. The molecule has 3 rings (SSSR count). The maximum absolute atomic E-state index is 13.0. The highest BCUT2D eigenvalue weighted by Crippen LogP contribution is 2.22. The van der Waals surface area contributed by atoms with E-state index < -0.39 is 0 Å². The largest absolute Gasteiger partial charge is 0.346 e. The van der Waals surface area contributed by atoms with Gasteiger partial charge in [-0.1, -0.05) is 42.5 Å². The summed E-state index contributed by atoms with van der Waals surface area (Å²) >= 11 is 0. The zero-order valence-electron chi connectivity index (χ0n) is 17.0. The van der Waals surface area contributed by atoms with Gasteiger partial charge in [0.25, 0.3) is 5.91 Å². The van der Waals surface area contributed by atoms with E-state index in [1.807, 2.05) is 17.0 Å². The van der Waals surface area contributed by atoms with Crippen LogP contribution >= 0.6 is 0 Å². The van der Waals surface area contributed by atoms with E-state index in [0.29, 0.717) is 6.04 Å². The Hall–Kier alpha value is -2.33. The number of benzene rings is 1. The standard InChI is InChI=1S/C23H31N3O/c1-18(2)26-19(3)17-22(20(26)4)23(27)25-15-13-24(14-16-25)12-8-11-21-9-6-5-7-10-21/h5-11,17-18H,12-16H2,1-4H3/b11-8+. The molecule has 0 aliphatic carbocycles. The maximum Gasteiger partial charge on any atom is 0.255 e. The van der Waals surface area contributed by atoms with E-state index >= 15 is 0 Å². The molecule has 0 bridgehead atoms. The fourth-order valence-corrected chi connectivity index (χ4v) is 3.99. The molecule has 2 aromatic rings. The lowest BCUT2D eigenvalue weighted by atomic mass is 10.2. The van der Waals surface area contributed by atoms with Crippen LogP contribution in [0.3, 0.4) is 0 Å². The zero-order chi connectivity index (χ0) is 19.4. The summed E-state index contributed by atoms with van der Waals surface area (Å²) in [7, 11) is 0. The summed E-state index contributed by atoms with van der Waals surface area (Å²) < 4.78 is 2.25. The average Bonchev–Trinajstić information content (AvgIpc) is 2.97. The maximum atomic E-state index is 13.0. The number of amides is 1. The van der Waals surface area contributed by atoms with E-state index in [1.165, 1.54) is 5.56 Å². The number of piperazine rings is 1. The van der Waals surface area contributed by atoms with Crippen LogP contribution in [0.1, 0.15) is 47.2 Å². The van der Waals surface area contributed by atoms with Crippen LogP contribution in [0.15, 0.2) is 42.5 Å². The Kier molecular flexibility index (Phi) is 6.17. The SMILES string of the molecule is Cc1cc(C(=O)N2CCN(C/C=C/c3ccccc3)CC2)c(C)n1C(C)C. The minimum atomic E-state index is 0.175. The summed E-state index contributed by atoms with van der Waals surface area (Å²) in [6.45, 7) is 12.8. The Bertz CT molecular complexity index is 797. The van der Waals surface area contributed by atoms with Crippen molar-refractivity contribution < 1.29 is 4.79 Å². The van der Waals surface area contributed by atoms with Gasteiger partial charge < -0.3 is 9.47 Å². The number of carbonyl (C=O) groups excluding carboxylic acids is 1. The fourth-order valence-electron chi connectivity index (χ4n) is 3.99. The molecular weight excluding hydrogens is 334 g/mol. The van der Waals surface area contributed by atoms with Crippen molar-refractivity contribution in [2.45, 2.75) is 33.7 Å². The van der Waals surface area contributed by atoms with Gasteiger partial charge >= 0.3 is 0 Å². The molecule has 0 radical (unpaired) electrons. The third-order valence-corrected chi connectivity index (χ3v) is 5.36. The van der Waals surface area contributed by atoms with Crippen molar-refractivity contribution in [3.8, 4) is 0 Å². The van der Waals surface area contributed by atoms with Crippen LogP contribution in [0.25, 0.3) is 6.08 Å². The molecule has 0 saturated carbocycles. The molecule has 4 heteroatoms. The second-order valence-electron chi connectivity index (χ2n) is 7.65. The Morgan fingerprint density at radius 2 is 1.74 bits per heavy atom. The van der Waals surface area contributed by atoms with Crippen molar-refractivity contribution >= 4 is 12.0 Å². The van der Waals surface area contributed by atoms with Gasteiger partial charge in [0.2, 0.25) is 0 Å². The molecule has 1 aromatic carbocycles. The van der Waals surface area contributed by atoms with Gasteiger partial charge in [-0.3, -0.25) is 9.69 Å². The molecule has 0 atom stereocenters. The van der Waals surface area contributed by atoms with Gasteiger partial charge in [0.1, 0.15) is 0 Å². The molecule has 2 heterocycles. The summed E-state index contributed by atoms with van der Waals surface area (Å²) in [5.41, 5.74) is 4.33. The molecule has 0 N–H and O–H groups in total. The number of rotatable bonds is 5. The normalized spacial score (nSPS) is 15.8. The minimum absolute atomic E-state index is 0.175. The van der Waals surface area contributed by atoms with E-state index in [4.69, 9.17) is 0 Å². The highest BCUT2D eigenvalue weighted by molar-refractivity contribution is 5.95. The Morgan fingerprint density at radius 3 is 2.33 bits per heavy atom. The van der Waals surface area contributed by atoms with Gasteiger partial charge in [0, 0.05) is 50.2 Å². The van der Waals surface area contributed by atoms with Crippen LogP contribution in [-0.4, -0.2) is 53.0 Å². The lowest BCUT2D eigenvalue weighted by molar-refractivity contribution is 0.0649. The van der Waals surface area contributed by atoms with Crippen molar-refractivity contribution in [3.05, 3.63) is 65.0 Å². The molecule has 4 nitrogen and oxygen atoms in total. The molecule has 0 unspecified atom stereocenters. The number of aromatic nitrogens is 1. The van der Waals surface area contributed by atoms with Gasteiger partial charge in [0.15, 0.2) is 0 Å². The molecule has 1 amide bonds. The summed E-state index contributed by atoms with van der Waals surface area (Å²) in [6, 6.07) is 12.8. The first-order chi connectivity index (χ1) is 13.0. The van der Waals surface area contributed by atoms with Gasteiger partial charge in [-0.25, -0.2) is 0 Å². The predicted molar refractivity (Wildman–Crippen MR) is 112 cm³/mol.